The van der Waals surface area contributed by atoms with Gasteiger partial charge >= 0.3 is 7.82 Å². The third kappa shape index (κ3) is 14.2. The molecule has 0 amide bonds. The molecule has 0 aliphatic carbocycles. The highest BCUT2D eigenvalue weighted by Crippen LogP contribution is 2.46. The second kappa shape index (κ2) is 24.0. The quantitative estimate of drug-likeness (QED) is 0.0408. The van der Waals surface area contributed by atoms with Crippen molar-refractivity contribution in [2.24, 2.45) is 0 Å². The number of nitrogens with zero attached hydrogens (tertiary/aromatic N) is 4. The number of hydrogen-bond acceptors (Lipinski definition) is 12. The number of anilines is 1. The van der Waals surface area contributed by atoms with Crippen LogP contribution in [0.4, 0.5) is 5.82 Å². The Kier molecular flexibility index (Phi) is 19.5. The average molecular weight is 788 g/mol. The second-order valence-corrected chi connectivity index (χ2v) is 15.9. The summed E-state index contributed by atoms with van der Waals surface area (Å²) in [5.74, 6) is 0.142. The molecule has 306 valence electrons. The highest BCUT2D eigenvalue weighted by atomic mass is 31.2. The summed E-state index contributed by atoms with van der Waals surface area (Å²) in [6, 6.07) is 14.6. The highest BCUT2D eigenvalue weighted by Gasteiger charge is 2.58. The molecule has 2 aromatic heterocycles. The largest absolute Gasteiger partial charge is 0.472 e. The summed E-state index contributed by atoms with van der Waals surface area (Å²) < 4.78 is 42.6. The van der Waals surface area contributed by atoms with Crippen molar-refractivity contribution >= 4 is 19.2 Å². The molecule has 2 unspecified atom stereocenters. The third-order valence-corrected chi connectivity index (χ3v) is 11.0. The molecular formula is C40H62N5O9P. The number of nitriles is 1. The molecular weight excluding hydrogens is 725 g/mol. The first-order valence-electron chi connectivity index (χ1n) is 20.1. The molecule has 0 saturated carbocycles. The molecule has 0 spiro atoms. The lowest BCUT2D eigenvalue weighted by molar-refractivity contribution is -0.0658. The zero-order valence-corrected chi connectivity index (χ0v) is 33.3. The van der Waals surface area contributed by atoms with Gasteiger partial charge in [0.2, 0.25) is 5.60 Å². The molecule has 55 heavy (non-hydrogen) atoms. The molecule has 0 bridgehead atoms. The van der Waals surface area contributed by atoms with Crippen molar-refractivity contribution in [3.63, 3.8) is 0 Å². The van der Waals surface area contributed by atoms with Crippen molar-refractivity contribution in [3.05, 3.63) is 60.0 Å². The van der Waals surface area contributed by atoms with E-state index in [0.717, 1.165) is 50.9 Å². The SMILES string of the molecule is CCCCCCCCCOCCCCCCCCCC[C@H](COP(=O)(O)OC[C@H]1O[C@@](C#N)(c2ccc3c(N)ncnn23)[C@@H](O)C1O)OCc1ccccc1. The highest BCUT2D eigenvalue weighted by molar-refractivity contribution is 7.47. The van der Waals surface area contributed by atoms with Crippen LogP contribution in [0.15, 0.2) is 48.8 Å². The molecule has 0 radical (unpaired) electrons. The summed E-state index contributed by atoms with van der Waals surface area (Å²) in [7, 11) is -4.66. The number of hydrogen-bond donors (Lipinski definition) is 4. The number of nitrogen functional groups attached to an aromatic ring is 1. The molecule has 4 rings (SSSR count). The van der Waals surface area contributed by atoms with Crippen LogP contribution in [0.2, 0.25) is 0 Å². The van der Waals surface area contributed by atoms with Crippen molar-refractivity contribution in [2.75, 3.05) is 32.2 Å². The number of ether oxygens (including phenoxy) is 3. The lowest BCUT2D eigenvalue weighted by Gasteiger charge is -2.24. The van der Waals surface area contributed by atoms with Crippen LogP contribution >= 0.6 is 7.82 Å². The summed E-state index contributed by atoms with van der Waals surface area (Å²) in [6.45, 7) is 3.46. The van der Waals surface area contributed by atoms with E-state index in [1.54, 1.807) is 6.07 Å². The monoisotopic (exact) mass is 787 g/mol. The Morgan fingerprint density at radius 3 is 2.22 bits per heavy atom. The van der Waals surface area contributed by atoms with Crippen molar-refractivity contribution in [1.29, 1.82) is 5.26 Å². The van der Waals surface area contributed by atoms with E-state index in [9.17, 15) is 24.9 Å². The topological polar surface area (TPSA) is 204 Å². The minimum absolute atomic E-state index is 0.102. The number of aliphatic hydroxyl groups is 2. The first kappa shape index (κ1) is 44.8. The number of unbranched alkanes of at least 4 members (excludes halogenated alkanes) is 13. The van der Waals surface area contributed by atoms with E-state index in [1.807, 2.05) is 36.4 Å². The smallest absolute Gasteiger partial charge is 0.387 e. The van der Waals surface area contributed by atoms with Gasteiger partial charge in [0.05, 0.1) is 31.6 Å². The van der Waals surface area contributed by atoms with Gasteiger partial charge in [-0.25, -0.2) is 14.1 Å². The Balaban J connectivity index is 1.15. The molecule has 3 heterocycles. The normalized spacial score (nSPS) is 21.5. The van der Waals surface area contributed by atoms with E-state index in [-0.39, 0.29) is 18.1 Å². The average Bonchev–Trinajstić information content (AvgIpc) is 3.74. The van der Waals surface area contributed by atoms with Crippen molar-refractivity contribution < 1.29 is 42.9 Å². The summed E-state index contributed by atoms with van der Waals surface area (Å²) in [6.07, 6.45) is 14.6. The van der Waals surface area contributed by atoms with Gasteiger partial charge in [0, 0.05) is 13.2 Å². The number of aromatic nitrogens is 3. The number of phosphoric acid groups is 1. The third-order valence-electron chi connectivity index (χ3n) is 10.1. The number of nitrogens with two attached hydrogens (primary N) is 1. The lowest BCUT2D eigenvalue weighted by atomic mass is 9.92. The Bertz CT molecular complexity index is 1610. The Labute approximate surface area is 325 Å². The standard InChI is InChI=1S/C40H62N5O9P/c1-2-3-4-5-9-12-18-25-50-26-19-13-10-7-6-8-11-17-22-33(51-27-32-20-15-14-16-21-32)28-52-55(48,49)53-29-35-37(46)38(47)40(30-41,54-35)36-24-23-34-39(42)43-31-44-45(34)36/h14-16,20-21,23-24,31,33,35,37-38,46-47H,2-13,17-19,22,25-29H2,1H3,(H,48,49)(H2,42,43,44)/t33-,35-,37?,38+,40+/m1/s1. The van der Waals surface area contributed by atoms with E-state index >= 15 is 0 Å². The number of phosphoric ester groups is 1. The fourth-order valence-electron chi connectivity index (χ4n) is 6.84. The first-order valence-corrected chi connectivity index (χ1v) is 21.6. The minimum Gasteiger partial charge on any atom is -0.387 e. The van der Waals surface area contributed by atoms with E-state index in [0.29, 0.717) is 18.5 Å². The zero-order chi connectivity index (χ0) is 39.4. The molecule has 15 heteroatoms. The number of aliphatic hydroxyl groups excluding tert-OH is 2. The van der Waals surface area contributed by atoms with E-state index < -0.39 is 44.4 Å². The lowest BCUT2D eigenvalue weighted by Crippen LogP contribution is -2.41. The number of fused-ring (bicyclic) bond motifs is 1. The molecule has 1 aromatic carbocycles. The van der Waals surface area contributed by atoms with Crippen LogP contribution in [0.3, 0.4) is 0 Å². The maximum Gasteiger partial charge on any atom is 0.472 e. The van der Waals surface area contributed by atoms with Crippen LogP contribution in [0.5, 0.6) is 0 Å². The summed E-state index contributed by atoms with van der Waals surface area (Å²) in [5, 5.41) is 36.0. The van der Waals surface area contributed by atoms with Gasteiger partial charge in [-0.05, 0) is 37.0 Å². The van der Waals surface area contributed by atoms with Crippen molar-refractivity contribution in [2.45, 2.75) is 146 Å². The van der Waals surface area contributed by atoms with Crippen molar-refractivity contribution in [3.8, 4) is 6.07 Å². The Morgan fingerprint density at radius 1 is 0.927 bits per heavy atom. The predicted molar refractivity (Wildman–Crippen MR) is 209 cm³/mol. The predicted octanol–water partition coefficient (Wildman–Crippen LogP) is 7.15. The second-order valence-electron chi connectivity index (χ2n) is 14.4. The van der Waals surface area contributed by atoms with Gasteiger partial charge in [-0.15, -0.1) is 0 Å². The number of benzene rings is 1. The maximum absolute atomic E-state index is 13.0. The fraction of sp³-hybridized carbons (Fsp3) is 0.675. The van der Waals surface area contributed by atoms with Crippen LogP contribution in [-0.2, 0) is 40.0 Å². The summed E-state index contributed by atoms with van der Waals surface area (Å²) in [5.41, 5.74) is 5.28. The molecule has 5 N–H and O–H groups in total. The molecule has 1 saturated heterocycles. The fourth-order valence-corrected chi connectivity index (χ4v) is 7.60. The van der Waals surface area contributed by atoms with Crippen LogP contribution < -0.4 is 5.73 Å². The Hall–Kier alpha value is -2.96. The molecule has 1 aliphatic rings. The zero-order valence-electron chi connectivity index (χ0n) is 32.4. The molecule has 14 nitrogen and oxygen atoms in total. The van der Waals surface area contributed by atoms with Crippen molar-refractivity contribution in [1.82, 2.24) is 14.6 Å². The van der Waals surface area contributed by atoms with Gasteiger partial charge < -0.3 is 35.1 Å². The van der Waals surface area contributed by atoms with Crippen LogP contribution in [-0.4, -0.2) is 80.5 Å². The summed E-state index contributed by atoms with van der Waals surface area (Å²) >= 11 is 0. The van der Waals surface area contributed by atoms with E-state index in [1.165, 1.54) is 81.1 Å². The maximum atomic E-state index is 13.0. The minimum atomic E-state index is -4.66. The van der Waals surface area contributed by atoms with Crippen LogP contribution in [0, 0.1) is 11.3 Å². The first-order chi connectivity index (χ1) is 26.7. The molecule has 3 aromatic rings. The van der Waals surface area contributed by atoms with E-state index in [4.69, 9.17) is 29.0 Å². The van der Waals surface area contributed by atoms with Gasteiger partial charge in [0.1, 0.15) is 36.2 Å². The van der Waals surface area contributed by atoms with Gasteiger partial charge in [-0.2, -0.15) is 10.4 Å². The Morgan fingerprint density at radius 2 is 1.56 bits per heavy atom. The molecule has 1 aliphatic heterocycles. The van der Waals surface area contributed by atoms with Gasteiger partial charge in [0.25, 0.3) is 0 Å². The van der Waals surface area contributed by atoms with E-state index in [2.05, 4.69) is 17.0 Å². The van der Waals surface area contributed by atoms with Crippen LogP contribution in [0.25, 0.3) is 5.52 Å². The summed E-state index contributed by atoms with van der Waals surface area (Å²) in [4.78, 5) is 14.5. The van der Waals surface area contributed by atoms with Gasteiger partial charge in [0.15, 0.2) is 5.82 Å². The molecule has 1 fully saturated rings. The number of rotatable bonds is 29. The van der Waals surface area contributed by atoms with Gasteiger partial charge in [-0.1, -0.05) is 121 Å². The molecule has 6 atom stereocenters. The van der Waals surface area contributed by atoms with Gasteiger partial charge in [-0.3, -0.25) is 9.05 Å². The van der Waals surface area contributed by atoms with Crippen LogP contribution in [0.1, 0.15) is 121 Å².